The van der Waals surface area contributed by atoms with Gasteiger partial charge >= 0.3 is 0 Å². The van der Waals surface area contributed by atoms with Gasteiger partial charge in [-0.1, -0.05) is 20.3 Å². The number of piperidine rings is 1. The van der Waals surface area contributed by atoms with Crippen LogP contribution in [0, 0.1) is 11.8 Å². The number of carbonyl (C=O) groups excluding carboxylic acids is 1. The van der Waals surface area contributed by atoms with E-state index in [0.717, 1.165) is 38.4 Å². The third-order valence-electron chi connectivity index (χ3n) is 3.50. The molecule has 1 fully saturated rings. The fourth-order valence-corrected chi connectivity index (χ4v) is 2.12. The number of rotatable bonds is 6. The molecule has 3 heteroatoms. The summed E-state index contributed by atoms with van der Waals surface area (Å²) in [5.41, 5.74) is 0. The number of hydrogen-bond acceptors (Lipinski definition) is 2. The Kier molecular flexibility index (Phi) is 6.46. The first-order valence-electron chi connectivity index (χ1n) is 6.69. The number of carbonyl (C=O) groups is 1. The minimum atomic E-state index is 0.220. The Labute approximate surface area is 99.4 Å². The van der Waals surface area contributed by atoms with Gasteiger partial charge in [0.1, 0.15) is 0 Å². The first kappa shape index (κ1) is 13.5. The zero-order chi connectivity index (χ0) is 11.8. The Bertz CT molecular complexity index is 200. The molecule has 0 saturated carbocycles. The lowest BCUT2D eigenvalue weighted by Gasteiger charge is -2.22. The summed E-state index contributed by atoms with van der Waals surface area (Å²) < 4.78 is 0. The van der Waals surface area contributed by atoms with E-state index in [9.17, 15) is 4.79 Å². The predicted octanol–water partition coefficient (Wildman–Crippen LogP) is 1.93. The van der Waals surface area contributed by atoms with Crippen molar-refractivity contribution in [1.82, 2.24) is 10.6 Å². The summed E-state index contributed by atoms with van der Waals surface area (Å²) in [4.78, 5) is 11.5. The lowest BCUT2D eigenvalue weighted by atomic mass is 9.96. The maximum Gasteiger partial charge on any atom is 0.220 e. The molecule has 2 atom stereocenters. The number of amides is 1. The first-order chi connectivity index (χ1) is 7.72. The Morgan fingerprint density at radius 1 is 1.56 bits per heavy atom. The molecule has 16 heavy (non-hydrogen) atoms. The summed E-state index contributed by atoms with van der Waals surface area (Å²) in [6.45, 7) is 7.40. The zero-order valence-corrected chi connectivity index (χ0v) is 10.7. The normalized spacial score (nSPS) is 22.8. The van der Waals surface area contributed by atoms with Crippen LogP contribution in [0.1, 0.15) is 46.0 Å². The molecule has 0 aromatic rings. The highest BCUT2D eigenvalue weighted by molar-refractivity contribution is 5.76. The van der Waals surface area contributed by atoms with Gasteiger partial charge in [-0.2, -0.15) is 0 Å². The van der Waals surface area contributed by atoms with E-state index in [1.807, 2.05) is 0 Å². The number of nitrogens with one attached hydrogen (secondary N) is 2. The molecule has 2 unspecified atom stereocenters. The van der Waals surface area contributed by atoms with Gasteiger partial charge in [-0.05, 0) is 44.2 Å². The topological polar surface area (TPSA) is 41.1 Å². The molecule has 1 amide bonds. The van der Waals surface area contributed by atoms with Crippen LogP contribution < -0.4 is 10.6 Å². The quantitative estimate of drug-likeness (QED) is 0.726. The van der Waals surface area contributed by atoms with Gasteiger partial charge in [-0.15, -0.1) is 0 Å². The van der Waals surface area contributed by atoms with Gasteiger partial charge in [0.05, 0.1) is 0 Å². The van der Waals surface area contributed by atoms with Gasteiger partial charge in [0.2, 0.25) is 5.91 Å². The minimum absolute atomic E-state index is 0.220. The van der Waals surface area contributed by atoms with E-state index in [-0.39, 0.29) is 5.91 Å². The Morgan fingerprint density at radius 2 is 2.38 bits per heavy atom. The molecule has 94 valence electrons. The van der Waals surface area contributed by atoms with Gasteiger partial charge in [0.15, 0.2) is 0 Å². The summed E-state index contributed by atoms with van der Waals surface area (Å²) >= 11 is 0. The molecule has 0 radical (unpaired) electrons. The van der Waals surface area contributed by atoms with Gasteiger partial charge in [0.25, 0.3) is 0 Å². The van der Waals surface area contributed by atoms with E-state index in [4.69, 9.17) is 0 Å². The molecule has 2 N–H and O–H groups in total. The van der Waals surface area contributed by atoms with Crippen LogP contribution in [-0.4, -0.2) is 25.5 Å². The molecule has 1 saturated heterocycles. The molecule has 1 aliphatic heterocycles. The van der Waals surface area contributed by atoms with E-state index in [1.165, 1.54) is 12.8 Å². The van der Waals surface area contributed by atoms with Crippen LogP contribution in [0.25, 0.3) is 0 Å². The molecule has 0 aromatic heterocycles. The monoisotopic (exact) mass is 226 g/mol. The van der Waals surface area contributed by atoms with Crippen molar-refractivity contribution in [3.05, 3.63) is 0 Å². The zero-order valence-electron chi connectivity index (χ0n) is 10.7. The average Bonchev–Trinajstić information content (AvgIpc) is 2.30. The predicted molar refractivity (Wildman–Crippen MR) is 67.3 cm³/mol. The summed E-state index contributed by atoms with van der Waals surface area (Å²) in [6.07, 6.45) is 5.48. The van der Waals surface area contributed by atoms with Crippen molar-refractivity contribution < 1.29 is 4.79 Å². The summed E-state index contributed by atoms with van der Waals surface area (Å²) in [6, 6.07) is 0. The van der Waals surface area contributed by atoms with Crippen molar-refractivity contribution in [2.75, 3.05) is 19.6 Å². The SMILES string of the molecule is CCC(C)CC(=O)NCCC1CCCNC1. The molecule has 1 aliphatic rings. The molecular weight excluding hydrogens is 200 g/mol. The summed E-state index contributed by atoms with van der Waals surface area (Å²) in [5, 5.41) is 6.43. The highest BCUT2D eigenvalue weighted by Gasteiger charge is 2.13. The van der Waals surface area contributed by atoms with E-state index in [2.05, 4.69) is 24.5 Å². The van der Waals surface area contributed by atoms with Crippen molar-refractivity contribution in [2.45, 2.75) is 46.0 Å². The second-order valence-corrected chi connectivity index (χ2v) is 5.07. The molecule has 3 nitrogen and oxygen atoms in total. The lowest BCUT2D eigenvalue weighted by molar-refractivity contribution is -0.121. The average molecular weight is 226 g/mol. The highest BCUT2D eigenvalue weighted by Crippen LogP contribution is 2.13. The molecule has 0 spiro atoms. The van der Waals surface area contributed by atoms with Gasteiger partial charge in [-0.25, -0.2) is 0 Å². The van der Waals surface area contributed by atoms with Crippen molar-refractivity contribution in [1.29, 1.82) is 0 Å². The molecule has 0 aliphatic carbocycles. The molecule has 1 rings (SSSR count). The van der Waals surface area contributed by atoms with Crippen LogP contribution in [0.15, 0.2) is 0 Å². The van der Waals surface area contributed by atoms with Crippen molar-refractivity contribution >= 4 is 5.91 Å². The van der Waals surface area contributed by atoms with Crippen LogP contribution in [0.2, 0.25) is 0 Å². The first-order valence-corrected chi connectivity index (χ1v) is 6.69. The molecule has 0 aromatic carbocycles. The lowest BCUT2D eigenvalue weighted by Crippen LogP contribution is -2.33. The van der Waals surface area contributed by atoms with E-state index < -0.39 is 0 Å². The Morgan fingerprint density at radius 3 is 3.00 bits per heavy atom. The second-order valence-electron chi connectivity index (χ2n) is 5.07. The van der Waals surface area contributed by atoms with E-state index in [0.29, 0.717) is 12.3 Å². The summed E-state index contributed by atoms with van der Waals surface area (Å²) in [5.74, 6) is 1.49. The maximum absolute atomic E-state index is 11.5. The van der Waals surface area contributed by atoms with Crippen molar-refractivity contribution in [2.24, 2.45) is 11.8 Å². The molecular formula is C13H26N2O. The van der Waals surface area contributed by atoms with Gasteiger partial charge in [-0.3, -0.25) is 4.79 Å². The highest BCUT2D eigenvalue weighted by atomic mass is 16.1. The van der Waals surface area contributed by atoms with Crippen LogP contribution in [0.4, 0.5) is 0 Å². The smallest absolute Gasteiger partial charge is 0.220 e. The minimum Gasteiger partial charge on any atom is -0.356 e. The second kappa shape index (κ2) is 7.66. The third-order valence-corrected chi connectivity index (χ3v) is 3.50. The summed E-state index contributed by atoms with van der Waals surface area (Å²) in [7, 11) is 0. The van der Waals surface area contributed by atoms with Crippen LogP contribution >= 0.6 is 0 Å². The Hall–Kier alpha value is -0.570. The van der Waals surface area contributed by atoms with Gasteiger partial charge in [0, 0.05) is 13.0 Å². The van der Waals surface area contributed by atoms with Crippen molar-refractivity contribution in [3.8, 4) is 0 Å². The van der Waals surface area contributed by atoms with Crippen LogP contribution in [-0.2, 0) is 4.79 Å². The fraction of sp³-hybridized carbons (Fsp3) is 0.923. The number of hydrogen-bond donors (Lipinski definition) is 2. The van der Waals surface area contributed by atoms with Crippen LogP contribution in [0.5, 0.6) is 0 Å². The molecule has 1 heterocycles. The largest absolute Gasteiger partial charge is 0.356 e. The molecule has 0 bridgehead atoms. The van der Waals surface area contributed by atoms with E-state index in [1.54, 1.807) is 0 Å². The van der Waals surface area contributed by atoms with Crippen molar-refractivity contribution in [3.63, 3.8) is 0 Å². The van der Waals surface area contributed by atoms with E-state index >= 15 is 0 Å². The maximum atomic E-state index is 11.5. The fourth-order valence-electron chi connectivity index (χ4n) is 2.12. The van der Waals surface area contributed by atoms with Gasteiger partial charge < -0.3 is 10.6 Å². The standard InChI is InChI=1S/C13H26N2O/c1-3-11(2)9-13(16)15-8-6-12-5-4-7-14-10-12/h11-12,14H,3-10H2,1-2H3,(H,15,16). The Balaban J connectivity index is 2.03. The van der Waals surface area contributed by atoms with Crippen LogP contribution in [0.3, 0.4) is 0 Å². The third kappa shape index (κ3) is 5.50.